The number of imidazole rings is 1. The highest BCUT2D eigenvalue weighted by atomic mass is 32.2. The molecule has 0 saturated carbocycles. The monoisotopic (exact) mass is 295 g/mol. The number of rotatable bonds is 5. The van der Waals surface area contributed by atoms with Crippen LogP contribution >= 0.6 is 11.8 Å². The summed E-state index contributed by atoms with van der Waals surface area (Å²) < 4.78 is 2.01. The van der Waals surface area contributed by atoms with Gasteiger partial charge in [-0.25, -0.2) is 4.98 Å². The van der Waals surface area contributed by atoms with Crippen molar-refractivity contribution in [3.8, 4) is 0 Å². The number of hydrogen-bond donors (Lipinski definition) is 0. The molecule has 1 fully saturated rings. The zero-order chi connectivity index (χ0) is 14.4. The molecule has 2 rings (SSSR count). The van der Waals surface area contributed by atoms with E-state index in [-0.39, 0.29) is 11.9 Å². The lowest BCUT2D eigenvalue weighted by molar-refractivity contribution is -0.131. The summed E-state index contributed by atoms with van der Waals surface area (Å²) in [5, 5.41) is 0.620. The summed E-state index contributed by atoms with van der Waals surface area (Å²) in [7, 11) is 0. The first-order valence-corrected chi connectivity index (χ1v) is 8.62. The van der Waals surface area contributed by atoms with Crippen LogP contribution in [0, 0.1) is 0 Å². The molecule has 112 valence electrons. The van der Waals surface area contributed by atoms with Crippen molar-refractivity contribution in [2.75, 3.05) is 18.8 Å². The average molecular weight is 295 g/mol. The van der Waals surface area contributed by atoms with Crippen LogP contribution in [0.4, 0.5) is 0 Å². The molecule has 1 amide bonds. The molecule has 1 aromatic rings. The van der Waals surface area contributed by atoms with Crippen molar-refractivity contribution in [1.29, 1.82) is 0 Å². The molecule has 1 aromatic heterocycles. The minimum absolute atomic E-state index is 0.186. The first kappa shape index (κ1) is 15.4. The number of carbonyl (C=O) groups is 1. The number of nitrogens with zero attached hydrogens (tertiary/aromatic N) is 3. The molecule has 0 aromatic carbocycles. The zero-order valence-corrected chi connectivity index (χ0v) is 13.3. The Labute approximate surface area is 125 Å². The van der Waals surface area contributed by atoms with Gasteiger partial charge in [0.2, 0.25) is 5.91 Å². The normalized spacial score (nSPS) is 21.5. The third-order valence-corrected chi connectivity index (χ3v) is 5.08. The molecular weight excluding hydrogens is 270 g/mol. The van der Waals surface area contributed by atoms with Gasteiger partial charge in [0.15, 0.2) is 0 Å². The third-order valence-electron chi connectivity index (χ3n) is 3.89. The SMILES string of the molecule is CCSC1CCCCN(C(=O)CC(C)n2ccnc2)C1. The van der Waals surface area contributed by atoms with E-state index in [1.54, 1.807) is 12.5 Å². The van der Waals surface area contributed by atoms with Gasteiger partial charge >= 0.3 is 0 Å². The second kappa shape index (κ2) is 7.72. The summed E-state index contributed by atoms with van der Waals surface area (Å²) in [6.45, 7) is 6.13. The van der Waals surface area contributed by atoms with Gasteiger partial charge in [0.05, 0.1) is 6.33 Å². The molecule has 1 saturated heterocycles. The maximum atomic E-state index is 12.5. The highest BCUT2D eigenvalue weighted by Crippen LogP contribution is 2.23. The molecule has 0 N–H and O–H groups in total. The summed E-state index contributed by atoms with van der Waals surface area (Å²) in [5.74, 6) is 1.42. The van der Waals surface area contributed by atoms with Gasteiger partial charge in [0, 0.05) is 43.2 Å². The van der Waals surface area contributed by atoms with E-state index in [1.807, 2.05) is 22.5 Å². The zero-order valence-electron chi connectivity index (χ0n) is 12.5. The summed E-state index contributed by atoms with van der Waals surface area (Å²) >= 11 is 1.99. The van der Waals surface area contributed by atoms with E-state index >= 15 is 0 Å². The van der Waals surface area contributed by atoms with Crippen LogP contribution < -0.4 is 0 Å². The fraction of sp³-hybridized carbons (Fsp3) is 0.733. The highest BCUT2D eigenvalue weighted by molar-refractivity contribution is 7.99. The van der Waals surface area contributed by atoms with E-state index in [4.69, 9.17) is 0 Å². The standard InChI is InChI=1S/C15H25N3OS/c1-3-20-14-6-4-5-8-17(11-14)15(19)10-13(2)18-9-7-16-12-18/h7,9,12-14H,3-6,8,10-11H2,1-2H3. The Morgan fingerprint density at radius 1 is 1.50 bits per heavy atom. The van der Waals surface area contributed by atoms with Crippen molar-refractivity contribution in [3.05, 3.63) is 18.7 Å². The predicted octanol–water partition coefficient (Wildman–Crippen LogP) is 2.97. The van der Waals surface area contributed by atoms with Gasteiger partial charge in [-0.05, 0) is 25.5 Å². The highest BCUT2D eigenvalue weighted by Gasteiger charge is 2.23. The van der Waals surface area contributed by atoms with E-state index in [1.165, 1.54) is 12.8 Å². The molecule has 0 spiro atoms. The number of thioether (sulfide) groups is 1. The fourth-order valence-corrected chi connectivity index (χ4v) is 3.81. The molecule has 4 nitrogen and oxygen atoms in total. The van der Waals surface area contributed by atoms with E-state index in [9.17, 15) is 4.79 Å². The van der Waals surface area contributed by atoms with E-state index in [0.29, 0.717) is 11.7 Å². The number of amides is 1. The summed E-state index contributed by atoms with van der Waals surface area (Å²) in [4.78, 5) is 18.6. The quantitative estimate of drug-likeness (QED) is 0.838. The van der Waals surface area contributed by atoms with Gasteiger partial charge in [-0.1, -0.05) is 13.3 Å². The van der Waals surface area contributed by atoms with Crippen molar-refractivity contribution in [3.63, 3.8) is 0 Å². The molecule has 2 atom stereocenters. The Hall–Kier alpha value is -0.970. The van der Waals surface area contributed by atoms with Crippen LogP contribution in [0.2, 0.25) is 0 Å². The van der Waals surface area contributed by atoms with E-state index < -0.39 is 0 Å². The van der Waals surface area contributed by atoms with Crippen LogP contribution in [0.1, 0.15) is 45.6 Å². The molecular formula is C15H25N3OS. The second-order valence-electron chi connectivity index (χ2n) is 5.48. The first-order valence-electron chi connectivity index (χ1n) is 7.57. The number of hydrogen-bond acceptors (Lipinski definition) is 3. The Kier molecular flexibility index (Phi) is 5.95. The molecule has 5 heteroatoms. The molecule has 0 radical (unpaired) electrons. The Morgan fingerprint density at radius 3 is 3.05 bits per heavy atom. The smallest absolute Gasteiger partial charge is 0.224 e. The molecule has 1 aliphatic rings. The summed E-state index contributed by atoms with van der Waals surface area (Å²) in [5.41, 5.74) is 0. The van der Waals surface area contributed by atoms with Crippen molar-refractivity contribution in [2.24, 2.45) is 0 Å². The molecule has 0 aliphatic carbocycles. The summed E-state index contributed by atoms with van der Waals surface area (Å²) in [6, 6.07) is 0.186. The Morgan fingerprint density at radius 2 is 2.35 bits per heavy atom. The third kappa shape index (κ3) is 4.27. The lowest BCUT2D eigenvalue weighted by Crippen LogP contribution is -2.36. The van der Waals surface area contributed by atoms with Crippen LogP contribution in [0.25, 0.3) is 0 Å². The lowest BCUT2D eigenvalue weighted by atomic mass is 10.2. The maximum absolute atomic E-state index is 12.5. The topological polar surface area (TPSA) is 38.1 Å². The van der Waals surface area contributed by atoms with E-state index in [0.717, 1.165) is 25.3 Å². The Balaban J connectivity index is 1.90. The molecule has 1 aliphatic heterocycles. The van der Waals surface area contributed by atoms with Gasteiger partial charge in [-0.15, -0.1) is 0 Å². The van der Waals surface area contributed by atoms with Gasteiger partial charge in [-0.2, -0.15) is 11.8 Å². The van der Waals surface area contributed by atoms with Crippen LogP contribution in [0.5, 0.6) is 0 Å². The molecule has 0 bridgehead atoms. The van der Waals surface area contributed by atoms with Crippen LogP contribution in [0.15, 0.2) is 18.7 Å². The largest absolute Gasteiger partial charge is 0.342 e. The predicted molar refractivity (Wildman–Crippen MR) is 83.9 cm³/mol. The number of aromatic nitrogens is 2. The minimum atomic E-state index is 0.186. The summed E-state index contributed by atoms with van der Waals surface area (Å²) in [6.07, 6.45) is 9.69. The lowest BCUT2D eigenvalue weighted by Gasteiger charge is -2.25. The first-order chi connectivity index (χ1) is 9.70. The van der Waals surface area contributed by atoms with E-state index in [2.05, 4.69) is 23.7 Å². The molecule has 20 heavy (non-hydrogen) atoms. The molecule has 2 heterocycles. The van der Waals surface area contributed by atoms with Crippen LogP contribution in [-0.4, -0.2) is 44.5 Å². The van der Waals surface area contributed by atoms with Gasteiger partial charge in [0.25, 0.3) is 0 Å². The van der Waals surface area contributed by atoms with Crippen molar-refractivity contribution < 1.29 is 4.79 Å². The van der Waals surface area contributed by atoms with Crippen molar-refractivity contribution in [1.82, 2.24) is 14.5 Å². The van der Waals surface area contributed by atoms with Crippen LogP contribution in [0.3, 0.4) is 0 Å². The number of carbonyl (C=O) groups excluding carboxylic acids is 1. The minimum Gasteiger partial charge on any atom is -0.342 e. The maximum Gasteiger partial charge on any atom is 0.224 e. The number of likely N-dealkylation sites (tertiary alicyclic amines) is 1. The average Bonchev–Trinajstić information content (AvgIpc) is 2.86. The molecule has 2 unspecified atom stereocenters. The Bertz CT molecular complexity index is 407. The van der Waals surface area contributed by atoms with Gasteiger partial charge in [0.1, 0.15) is 0 Å². The van der Waals surface area contributed by atoms with Gasteiger partial charge < -0.3 is 9.47 Å². The van der Waals surface area contributed by atoms with Crippen molar-refractivity contribution in [2.45, 2.75) is 50.8 Å². The van der Waals surface area contributed by atoms with Crippen LogP contribution in [-0.2, 0) is 4.79 Å². The van der Waals surface area contributed by atoms with Crippen molar-refractivity contribution >= 4 is 17.7 Å². The second-order valence-corrected chi connectivity index (χ2v) is 7.05. The van der Waals surface area contributed by atoms with Gasteiger partial charge in [-0.3, -0.25) is 4.79 Å². The fourth-order valence-electron chi connectivity index (χ4n) is 2.72.